The zero-order valence-corrected chi connectivity index (χ0v) is 11.9. The molecule has 0 saturated carbocycles. The van der Waals surface area contributed by atoms with Crippen LogP contribution in [0.25, 0.3) is 16.1 Å². The van der Waals surface area contributed by atoms with Crippen LogP contribution in [0.5, 0.6) is 0 Å². The van der Waals surface area contributed by atoms with Gasteiger partial charge in [-0.15, -0.1) is 11.3 Å². The lowest BCUT2D eigenvalue weighted by molar-refractivity contribution is -0.498. The molecular formula is C14H16N5S+. The second-order valence-corrected chi connectivity index (χ2v) is 5.82. The quantitative estimate of drug-likeness (QED) is 0.698. The third-order valence-electron chi connectivity index (χ3n) is 3.67. The minimum Gasteiger partial charge on any atom is -0.350 e. The van der Waals surface area contributed by atoms with Crippen LogP contribution in [0.15, 0.2) is 36.2 Å². The van der Waals surface area contributed by atoms with Crippen molar-refractivity contribution >= 4 is 22.7 Å². The molecule has 0 atom stereocenters. The number of nitrogens with one attached hydrogen (secondary N) is 2. The van der Waals surface area contributed by atoms with Crippen LogP contribution < -0.4 is 14.6 Å². The average molecular weight is 286 g/mol. The molecule has 6 heteroatoms. The molecule has 0 amide bonds. The number of piperazine rings is 1. The average Bonchev–Trinajstić information content (AvgIpc) is 3.18. The fourth-order valence-electron chi connectivity index (χ4n) is 2.68. The number of anilines is 1. The van der Waals surface area contributed by atoms with Gasteiger partial charge in [-0.2, -0.15) is 4.40 Å². The summed E-state index contributed by atoms with van der Waals surface area (Å²) in [7, 11) is 0. The molecule has 0 aromatic carbocycles. The summed E-state index contributed by atoms with van der Waals surface area (Å²) in [6.07, 6.45) is 6.00. The number of aromatic amines is 1. The molecule has 4 heterocycles. The zero-order chi connectivity index (χ0) is 13.4. The van der Waals surface area contributed by atoms with Crippen molar-refractivity contribution < 1.29 is 4.40 Å². The molecular weight excluding hydrogens is 270 g/mol. The van der Waals surface area contributed by atoms with E-state index in [2.05, 4.69) is 37.1 Å². The van der Waals surface area contributed by atoms with Crippen LogP contribution in [-0.4, -0.2) is 36.1 Å². The molecule has 0 aliphatic carbocycles. The first-order valence-electron chi connectivity index (χ1n) is 6.80. The molecule has 102 valence electrons. The molecule has 1 aliphatic rings. The normalized spacial score (nSPS) is 15.9. The van der Waals surface area contributed by atoms with Crippen LogP contribution >= 0.6 is 11.3 Å². The van der Waals surface area contributed by atoms with Gasteiger partial charge in [-0.1, -0.05) is 6.07 Å². The summed E-state index contributed by atoms with van der Waals surface area (Å²) in [6.45, 7) is 4.05. The van der Waals surface area contributed by atoms with Gasteiger partial charge in [0.2, 0.25) is 11.8 Å². The van der Waals surface area contributed by atoms with E-state index >= 15 is 0 Å². The summed E-state index contributed by atoms with van der Waals surface area (Å²) < 4.78 is 2.19. The van der Waals surface area contributed by atoms with Crippen LogP contribution in [0.3, 0.4) is 0 Å². The van der Waals surface area contributed by atoms with Crippen molar-refractivity contribution in [1.82, 2.24) is 15.3 Å². The maximum absolute atomic E-state index is 4.72. The summed E-state index contributed by atoms with van der Waals surface area (Å²) in [5, 5.41) is 5.47. The van der Waals surface area contributed by atoms with Crippen LogP contribution in [0.1, 0.15) is 0 Å². The third-order valence-corrected chi connectivity index (χ3v) is 4.56. The Labute approximate surface area is 120 Å². The number of hydrogen-bond donors (Lipinski definition) is 2. The Bertz CT molecular complexity index is 712. The first kappa shape index (κ1) is 11.9. The highest BCUT2D eigenvalue weighted by atomic mass is 32.1. The maximum atomic E-state index is 4.72. The number of hydrogen-bond acceptors (Lipinski definition) is 4. The van der Waals surface area contributed by atoms with Gasteiger partial charge in [0.05, 0.1) is 11.1 Å². The van der Waals surface area contributed by atoms with E-state index in [9.17, 15) is 0 Å². The van der Waals surface area contributed by atoms with Crippen LogP contribution in [0.4, 0.5) is 5.82 Å². The molecule has 0 bridgehead atoms. The van der Waals surface area contributed by atoms with Crippen molar-refractivity contribution in [2.75, 3.05) is 31.1 Å². The van der Waals surface area contributed by atoms with Crippen molar-refractivity contribution in [2.45, 2.75) is 0 Å². The molecule has 1 aliphatic heterocycles. The first-order valence-corrected chi connectivity index (χ1v) is 7.68. The lowest BCUT2D eigenvalue weighted by atomic mass is 10.3. The highest BCUT2D eigenvalue weighted by Gasteiger charge is 2.21. The number of aromatic nitrogens is 3. The lowest BCUT2D eigenvalue weighted by Gasteiger charge is -2.28. The van der Waals surface area contributed by atoms with Crippen molar-refractivity contribution in [3.8, 4) is 10.6 Å². The summed E-state index contributed by atoms with van der Waals surface area (Å²) in [5.74, 6) is 1.06. The van der Waals surface area contributed by atoms with Gasteiger partial charge in [0.1, 0.15) is 6.20 Å². The Balaban J connectivity index is 1.85. The fourth-order valence-corrected chi connectivity index (χ4v) is 3.41. The van der Waals surface area contributed by atoms with Crippen LogP contribution in [0.2, 0.25) is 0 Å². The van der Waals surface area contributed by atoms with E-state index in [4.69, 9.17) is 4.98 Å². The van der Waals surface area contributed by atoms with Gasteiger partial charge in [0, 0.05) is 26.2 Å². The number of rotatable bonds is 2. The number of H-pyrrole nitrogens is 1. The second-order valence-electron chi connectivity index (χ2n) is 4.88. The predicted molar refractivity (Wildman–Crippen MR) is 80.1 cm³/mol. The standard InChI is InChI=1S/C14H15N5S/c1-2-13(20-7-1)11-9-17-14(12-8-16-10-19(11)12)18-5-3-15-4-6-18/h1-2,7-10,15H,3-6H2/p+1. The van der Waals surface area contributed by atoms with Gasteiger partial charge < -0.3 is 10.2 Å². The lowest BCUT2D eigenvalue weighted by Crippen LogP contribution is -2.44. The van der Waals surface area contributed by atoms with Crippen molar-refractivity contribution in [3.63, 3.8) is 0 Å². The van der Waals surface area contributed by atoms with Gasteiger partial charge in [-0.3, -0.25) is 0 Å². The molecule has 0 unspecified atom stereocenters. The monoisotopic (exact) mass is 286 g/mol. The topological polar surface area (TPSA) is 48.1 Å². The molecule has 4 rings (SSSR count). The van der Waals surface area contributed by atoms with Gasteiger partial charge in [-0.05, 0) is 11.4 Å². The summed E-state index contributed by atoms with van der Waals surface area (Å²) in [6, 6.07) is 4.20. The van der Waals surface area contributed by atoms with E-state index in [1.165, 1.54) is 4.88 Å². The first-order chi connectivity index (χ1) is 9.93. The van der Waals surface area contributed by atoms with E-state index < -0.39 is 0 Å². The Morgan fingerprint density at radius 2 is 2.20 bits per heavy atom. The summed E-state index contributed by atoms with van der Waals surface area (Å²) in [5.41, 5.74) is 2.27. The SMILES string of the molecule is c1csc(-c2cnc(N3CCNCC3)c3c[nH]c[n+]23)c1. The Morgan fingerprint density at radius 3 is 3.00 bits per heavy atom. The van der Waals surface area contributed by atoms with Crippen LogP contribution in [-0.2, 0) is 0 Å². The van der Waals surface area contributed by atoms with Crippen molar-refractivity contribution in [3.05, 3.63) is 36.2 Å². The van der Waals surface area contributed by atoms with Crippen LogP contribution in [0, 0.1) is 0 Å². The van der Waals surface area contributed by atoms with E-state index in [0.29, 0.717) is 0 Å². The van der Waals surface area contributed by atoms with Crippen molar-refractivity contribution in [2.24, 2.45) is 0 Å². The molecule has 0 spiro atoms. The predicted octanol–water partition coefficient (Wildman–Crippen LogP) is 1.29. The van der Waals surface area contributed by atoms with Crippen molar-refractivity contribution in [1.29, 1.82) is 0 Å². The smallest absolute Gasteiger partial charge is 0.247 e. The summed E-state index contributed by atoms with van der Waals surface area (Å²) >= 11 is 1.74. The molecule has 5 nitrogen and oxygen atoms in total. The molecule has 0 radical (unpaired) electrons. The van der Waals surface area contributed by atoms with E-state index in [1.54, 1.807) is 11.3 Å². The number of fused-ring (bicyclic) bond motifs is 1. The highest BCUT2D eigenvalue weighted by molar-refractivity contribution is 7.13. The minimum absolute atomic E-state index is 1.01. The number of imidazole rings is 1. The summed E-state index contributed by atoms with van der Waals surface area (Å²) in [4.78, 5) is 11.5. The second kappa shape index (κ2) is 4.88. The Hall–Kier alpha value is -1.92. The third kappa shape index (κ3) is 1.88. The Kier molecular flexibility index (Phi) is 2.90. The highest BCUT2D eigenvalue weighted by Crippen LogP contribution is 2.24. The minimum atomic E-state index is 1.01. The van der Waals surface area contributed by atoms with Gasteiger partial charge in [0.15, 0.2) is 11.5 Å². The van der Waals surface area contributed by atoms with Gasteiger partial charge in [-0.25, -0.2) is 9.97 Å². The van der Waals surface area contributed by atoms with E-state index in [0.717, 1.165) is 43.2 Å². The van der Waals surface area contributed by atoms with E-state index in [1.807, 2.05) is 18.7 Å². The van der Waals surface area contributed by atoms with Gasteiger partial charge >= 0.3 is 0 Å². The molecule has 20 heavy (non-hydrogen) atoms. The van der Waals surface area contributed by atoms with E-state index in [-0.39, 0.29) is 0 Å². The molecule has 2 N–H and O–H groups in total. The van der Waals surface area contributed by atoms with Gasteiger partial charge in [0.25, 0.3) is 0 Å². The number of nitrogens with zero attached hydrogens (tertiary/aromatic N) is 3. The molecule has 3 aromatic heterocycles. The fraction of sp³-hybridized carbons (Fsp3) is 0.286. The zero-order valence-electron chi connectivity index (χ0n) is 11.0. The Morgan fingerprint density at radius 1 is 1.30 bits per heavy atom. The molecule has 1 saturated heterocycles. The molecule has 1 fully saturated rings. The molecule has 3 aromatic rings. The maximum Gasteiger partial charge on any atom is 0.247 e. The largest absolute Gasteiger partial charge is 0.350 e. The number of thiophene rings is 1.